The molecule has 7 nitrogen and oxygen atoms in total. The molecule has 2 atom stereocenters. The highest BCUT2D eigenvalue weighted by molar-refractivity contribution is 5.78. The zero-order chi connectivity index (χ0) is 17.0. The van der Waals surface area contributed by atoms with E-state index in [0.717, 1.165) is 47.9 Å². The van der Waals surface area contributed by atoms with Crippen molar-refractivity contribution in [3.63, 3.8) is 0 Å². The second-order valence-corrected chi connectivity index (χ2v) is 6.83. The van der Waals surface area contributed by atoms with Crippen LogP contribution in [0.1, 0.15) is 12.0 Å². The lowest BCUT2D eigenvalue weighted by molar-refractivity contribution is 0.212. The number of anilines is 1. The third kappa shape index (κ3) is 2.22. The predicted molar refractivity (Wildman–Crippen MR) is 92.5 cm³/mol. The first-order chi connectivity index (χ1) is 12.2. The van der Waals surface area contributed by atoms with Crippen molar-refractivity contribution in [3.05, 3.63) is 35.9 Å². The molecule has 3 aliphatic heterocycles. The van der Waals surface area contributed by atoms with Crippen molar-refractivity contribution in [2.24, 2.45) is 0 Å². The lowest BCUT2D eigenvalue weighted by Crippen LogP contribution is -2.51. The number of ether oxygens (including phenoxy) is 1. The van der Waals surface area contributed by atoms with Gasteiger partial charge in [-0.15, -0.1) is 10.2 Å². The van der Waals surface area contributed by atoms with Crippen molar-refractivity contribution in [3.8, 4) is 17.0 Å². The summed E-state index contributed by atoms with van der Waals surface area (Å²) >= 11 is 0. The fourth-order valence-corrected chi connectivity index (χ4v) is 4.02. The second kappa shape index (κ2) is 5.34. The fraction of sp³-hybridized carbons (Fsp3) is 0.389. The minimum absolute atomic E-state index is 0.0124. The summed E-state index contributed by atoms with van der Waals surface area (Å²) in [5.74, 6) is 1.71. The van der Waals surface area contributed by atoms with Crippen LogP contribution in [0.25, 0.3) is 11.3 Å². The standard InChI is InChI=1S/C18H19N5O2/c1-22-14-6-7-23(9-13(14)19-18(22)24)16-8-11-10-25-15-5-3-2-4-12(15)17(11)21-20-16/h2-5,8,13-14H,6-7,9-10H2,1H3,(H,19,24)/t13-,14+/m0/s1. The van der Waals surface area contributed by atoms with Crippen LogP contribution in [0.15, 0.2) is 30.3 Å². The van der Waals surface area contributed by atoms with Crippen LogP contribution in [-0.4, -0.2) is 53.3 Å². The normalized spacial score (nSPS) is 24.1. The van der Waals surface area contributed by atoms with E-state index in [2.05, 4.69) is 26.5 Å². The van der Waals surface area contributed by atoms with E-state index >= 15 is 0 Å². The third-order valence-corrected chi connectivity index (χ3v) is 5.41. The number of likely N-dealkylation sites (N-methyl/N-ethyl adjacent to an activating group) is 1. The molecular formula is C18H19N5O2. The average molecular weight is 337 g/mol. The topological polar surface area (TPSA) is 70.6 Å². The number of urea groups is 1. The van der Waals surface area contributed by atoms with E-state index in [1.54, 1.807) is 0 Å². The Morgan fingerprint density at radius 2 is 2.16 bits per heavy atom. The molecule has 0 saturated carbocycles. The SMILES string of the molecule is CN1C(=O)N[C@H]2CN(c3cc4c(nn3)-c3ccccc3OC4)CC[C@H]21. The van der Waals surface area contributed by atoms with Gasteiger partial charge in [0.25, 0.3) is 0 Å². The van der Waals surface area contributed by atoms with E-state index in [1.165, 1.54) is 0 Å². The third-order valence-electron chi connectivity index (χ3n) is 5.41. The minimum Gasteiger partial charge on any atom is -0.488 e. The molecule has 2 aromatic rings. The monoisotopic (exact) mass is 337 g/mol. The fourth-order valence-electron chi connectivity index (χ4n) is 4.02. The summed E-state index contributed by atoms with van der Waals surface area (Å²) in [4.78, 5) is 15.9. The maximum atomic E-state index is 11.8. The van der Waals surface area contributed by atoms with Crippen LogP contribution >= 0.6 is 0 Å². The molecule has 1 N–H and O–H groups in total. The Morgan fingerprint density at radius 3 is 3.08 bits per heavy atom. The molecule has 0 unspecified atom stereocenters. The van der Waals surface area contributed by atoms with E-state index in [-0.39, 0.29) is 18.1 Å². The molecule has 25 heavy (non-hydrogen) atoms. The molecule has 2 amide bonds. The number of fused-ring (bicyclic) bond motifs is 4. The molecule has 2 fully saturated rings. The number of rotatable bonds is 1. The summed E-state index contributed by atoms with van der Waals surface area (Å²) in [6.07, 6.45) is 0.929. The van der Waals surface area contributed by atoms with Crippen LogP contribution in [0.5, 0.6) is 5.75 Å². The summed E-state index contributed by atoms with van der Waals surface area (Å²) in [6.45, 7) is 2.13. The maximum Gasteiger partial charge on any atom is 0.317 e. The minimum atomic E-state index is 0.0124. The van der Waals surface area contributed by atoms with Crippen LogP contribution in [0.3, 0.4) is 0 Å². The van der Waals surface area contributed by atoms with Gasteiger partial charge in [-0.25, -0.2) is 4.79 Å². The Hall–Kier alpha value is -2.83. The molecule has 2 saturated heterocycles. The number of benzene rings is 1. The van der Waals surface area contributed by atoms with Crippen LogP contribution in [0.2, 0.25) is 0 Å². The molecule has 3 aliphatic rings. The van der Waals surface area contributed by atoms with Gasteiger partial charge in [-0.1, -0.05) is 12.1 Å². The number of piperidine rings is 1. The number of nitrogens with zero attached hydrogens (tertiary/aromatic N) is 4. The Labute approximate surface area is 145 Å². The number of amides is 2. The Kier molecular flexibility index (Phi) is 3.10. The Bertz CT molecular complexity index is 855. The van der Waals surface area contributed by atoms with Gasteiger partial charge in [0, 0.05) is 31.3 Å². The molecule has 1 aromatic carbocycles. The number of para-hydroxylation sites is 1. The molecule has 0 radical (unpaired) electrons. The second-order valence-electron chi connectivity index (χ2n) is 6.83. The Balaban J connectivity index is 1.43. The van der Waals surface area contributed by atoms with Crippen molar-refractivity contribution < 1.29 is 9.53 Å². The lowest BCUT2D eigenvalue weighted by Gasteiger charge is -2.36. The quantitative estimate of drug-likeness (QED) is 0.857. The van der Waals surface area contributed by atoms with Crippen molar-refractivity contribution in [1.29, 1.82) is 0 Å². The highest BCUT2D eigenvalue weighted by Crippen LogP contribution is 2.36. The first-order valence-corrected chi connectivity index (χ1v) is 8.58. The van der Waals surface area contributed by atoms with Crippen molar-refractivity contribution in [2.75, 3.05) is 25.0 Å². The van der Waals surface area contributed by atoms with Crippen LogP contribution in [0, 0.1) is 0 Å². The van der Waals surface area contributed by atoms with Crippen LogP contribution < -0.4 is 15.0 Å². The van der Waals surface area contributed by atoms with Gasteiger partial charge >= 0.3 is 6.03 Å². The van der Waals surface area contributed by atoms with Crippen molar-refractivity contribution in [2.45, 2.75) is 25.1 Å². The molecule has 7 heteroatoms. The van der Waals surface area contributed by atoms with E-state index in [1.807, 2.05) is 36.2 Å². The summed E-state index contributed by atoms with van der Waals surface area (Å²) in [6, 6.07) is 10.4. The van der Waals surface area contributed by atoms with Crippen molar-refractivity contribution in [1.82, 2.24) is 20.4 Å². The molecule has 128 valence electrons. The molecular weight excluding hydrogens is 318 g/mol. The molecule has 0 aliphatic carbocycles. The molecule has 0 bridgehead atoms. The molecule has 4 heterocycles. The lowest BCUT2D eigenvalue weighted by atomic mass is 9.99. The highest BCUT2D eigenvalue weighted by atomic mass is 16.5. The first-order valence-electron chi connectivity index (χ1n) is 8.58. The van der Waals surface area contributed by atoms with E-state index in [0.29, 0.717) is 6.61 Å². The van der Waals surface area contributed by atoms with E-state index in [9.17, 15) is 4.79 Å². The zero-order valence-corrected chi connectivity index (χ0v) is 14.0. The maximum absolute atomic E-state index is 11.8. The summed E-state index contributed by atoms with van der Waals surface area (Å²) < 4.78 is 5.84. The average Bonchev–Trinajstić information content (AvgIpc) is 2.94. The molecule has 1 aromatic heterocycles. The van der Waals surface area contributed by atoms with Crippen molar-refractivity contribution >= 4 is 11.8 Å². The van der Waals surface area contributed by atoms with E-state index < -0.39 is 0 Å². The number of carbonyl (C=O) groups excluding carboxylic acids is 1. The Morgan fingerprint density at radius 1 is 1.28 bits per heavy atom. The van der Waals surface area contributed by atoms with E-state index in [4.69, 9.17) is 4.74 Å². The number of aromatic nitrogens is 2. The number of nitrogens with one attached hydrogen (secondary N) is 1. The zero-order valence-electron chi connectivity index (χ0n) is 14.0. The number of carbonyl (C=O) groups is 1. The molecule has 5 rings (SSSR count). The van der Waals surface area contributed by atoms with Gasteiger partial charge in [-0.05, 0) is 24.6 Å². The van der Waals surface area contributed by atoms with Gasteiger partial charge in [-0.2, -0.15) is 0 Å². The van der Waals surface area contributed by atoms with Gasteiger partial charge in [-0.3, -0.25) is 0 Å². The van der Waals surface area contributed by atoms with Gasteiger partial charge < -0.3 is 19.9 Å². The van der Waals surface area contributed by atoms with Gasteiger partial charge in [0.15, 0.2) is 5.82 Å². The smallest absolute Gasteiger partial charge is 0.317 e. The predicted octanol–water partition coefficient (Wildman–Crippen LogP) is 1.64. The number of hydrogen-bond acceptors (Lipinski definition) is 5. The van der Waals surface area contributed by atoms with Gasteiger partial charge in [0.05, 0.1) is 12.1 Å². The van der Waals surface area contributed by atoms with Crippen LogP contribution in [-0.2, 0) is 6.61 Å². The van der Waals surface area contributed by atoms with Gasteiger partial charge in [0.1, 0.15) is 18.1 Å². The highest BCUT2D eigenvalue weighted by Gasteiger charge is 2.41. The summed E-state index contributed by atoms with van der Waals surface area (Å²) in [7, 11) is 1.86. The summed E-state index contributed by atoms with van der Waals surface area (Å²) in [5, 5.41) is 12.0. The largest absolute Gasteiger partial charge is 0.488 e. The van der Waals surface area contributed by atoms with Gasteiger partial charge in [0.2, 0.25) is 0 Å². The number of hydrogen-bond donors (Lipinski definition) is 1. The van der Waals surface area contributed by atoms with Crippen LogP contribution in [0.4, 0.5) is 10.6 Å². The first kappa shape index (κ1) is 14.5. The summed E-state index contributed by atoms with van der Waals surface area (Å²) in [5.41, 5.74) is 2.94. The molecule has 0 spiro atoms.